The number of piperidine rings is 1. The van der Waals surface area contributed by atoms with Gasteiger partial charge in [0.05, 0.1) is 5.37 Å². The number of anilines is 1. The fourth-order valence-electron chi connectivity index (χ4n) is 3.26. The van der Waals surface area contributed by atoms with E-state index in [1.807, 2.05) is 12.1 Å². The SMILES string of the molecule is CC1CN(C(=S)Nc2cccc(Br)c2)C(CN2CCCCC2)S1. The van der Waals surface area contributed by atoms with Crippen molar-refractivity contribution in [3.63, 3.8) is 0 Å². The number of likely N-dealkylation sites (tertiary alicyclic amines) is 1. The van der Waals surface area contributed by atoms with Gasteiger partial charge in [-0.1, -0.05) is 35.3 Å². The first-order chi connectivity index (χ1) is 11.1. The van der Waals surface area contributed by atoms with Gasteiger partial charge in [0.2, 0.25) is 0 Å². The Morgan fingerprint density at radius 3 is 2.87 bits per heavy atom. The molecule has 2 atom stereocenters. The molecular formula is C17H24BrN3S2. The number of thiocarbonyl (C=S) groups is 1. The summed E-state index contributed by atoms with van der Waals surface area (Å²) in [6.07, 6.45) is 4.07. The van der Waals surface area contributed by atoms with Crippen LogP contribution in [0.25, 0.3) is 0 Å². The summed E-state index contributed by atoms with van der Waals surface area (Å²) >= 11 is 11.3. The molecule has 126 valence electrons. The molecular weight excluding hydrogens is 390 g/mol. The highest BCUT2D eigenvalue weighted by atomic mass is 79.9. The van der Waals surface area contributed by atoms with E-state index in [1.165, 1.54) is 32.4 Å². The molecule has 23 heavy (non-hydrogen) atoms. The highest BCUT2D eigenvalue weighted by Gasteiger charge is 2.33. The van der Waals surface area contributed by atoms with Crippen LogP contribution in [0.5, 0.6) is 0 Å². The number of nitrogens with zero attached hydrogens (tertiary/aromatic N) is 2. The predicted molar refractivity (Wildman–Crippen MR) is 108 cm³/mol. The first kappa shape index (κ1) is 17.5. The standard InChI is InChI=1S/C17H24BrN3S2/c1-13-11-21(16(23-13)12-20-8-3-2-4-9-20)17(22)19-15-7-5-6-14(18)10-15/h5-7,10,13,16H,2-4,8-9,11-12H2,1H3,(H,19,22). The van der Waals surface area contributed by atoms with Crippen LogP contribution in [-0.4, -0.2) is 51.7 Å². The van der Waals surface area contributed by atoms with Gasteiger partial charge >= 0.3 is 0 Å². The average molecular weight is 414 g/mol. The van der Waals surface area contributed by atoms with Crippen molar-refractivity contribution >= 4 is 50.7 Å². The van der Waals surface area contributed by atoms with E-state index in [0.717, 1.165) is 28.4 Å². The molecule has 3 nitrogen and oxygen atoms in total. The summed E-state index contributed by atoms with van der Waals surface area (Å²) in [7, 11) is 0. The number of rotatable bonds is 3. The van der Waals surface area contributed by atoms with Crippen molar-refractivity contribution in [1.29, 1.82) is 0 Å². The van der Waals surface area contributed by atoms with Gasteiger partial charge in [0.1, 0.15) is 0 Å². The highest BCUT2D eigenvalue weighted by Crippen LogP contribution is 2.32. The Kier molecular flexibility index (Phi) is 6.24. The molecule has 2 saturated heterocycles. The second kappa shape index (κ2) is 8.19. The van der Waals surface area contributed by atoms with E-state index >= 15 is 0 Å². The molecule has 1 N–H and O–H groups in total. The molecule has 0 amide bonds. The van der Waals surface area contributed by atoms with E-state index in [4.69, 9.17) is 12.2 Å². The highest BCUT2D eigenvalue weighted by molar-refractivity contribution is 9.10. The Balaban J connectivity index is 1.62. The zero-order valence-electron chi connectivity index (χ0n) is 13.5. The van der Waals surface area contributed by atoms with Crippen LogP contribution in [0.2, 0.25) is 0 Å². The molecule has 6 heteroatoms. The molecule has 0 radical (unpaired) electrons. The monoisotopic (exact) mass is 413 g/mol. The molecule has 0 aliphatic carbocycles. The normalized spacial score (nSPS) is 25.6. The maximum atomic E-state index is 5.70. The minimum absolute atomic E-state index is 0.468. The zero-order chi connectivity index (χ0) is 16.2. The minimum Gasteiger partial charge on any atom is -0.335 e. The van der Waals surface area contributed by atoms with Crippen molar-refractivity contribution in [2.75, 3.05) is 31.5 Å². The van der Waals surface area contributed by atoms with Gasteiger partial charge in [-0.15, -0.1) is 11.8 Å². The minimum atomic E-state index is 0.468. The molecule has 0 bridgehead atoms. The third-order valence-corrected chi connectivity index (χ3v) is 6.55. The van der Waals surface area contributed by atoms with Crippen molar-refractivity contribution < 1.29 is 0 Å². The molecule has 1 aromatic carbocycles. The Labute approximate surface area is 157 Å². The van der Waals surface area contributed by atoms with Gasteiger partial charge in [-0.2, -0.15) is 0 Å². The van der Waals surface area contributed by atoms with Gasteiger partial charge in [-0.25, -0.2) is 0 Å². The smallest absolute Gasteiger partial charge is 0.174 e. The first-order valence-electron chi connectivity index (χ1n) is 8.33. The molecule has 2 fully saturated rings. The predicted octanol–water partition coefficient (Wildman–Crippen LogP) is 4.40. The third kappa shape index (κ3) is 4.84. The largest absolute Gasteiger partial charge is 0.335 e. The van der Waals surface area contributed by atoms with Gasteiger partial charge in [-0.05, 0) is 56.3 Å². The fourth-order valence-corrected chi connectivity index (χ4v) is 5.46. The van der Waals surface area contributed by atoms with Crippen molar-refractivity contribution in [1.82, 2.24) is 9.80 Å². The second-order valence-electron chi connectivity index (χ2n) is 6.36. The van der Waals surface area contributed by atoms with Crippen molar-refractivity contribution in [2.45, 2.75) is 36.8 Å². The number of benzene rings is 1. The number of halogens is 1. The zero-order valence-corrected chi connectivity index (χ0v) is 16.7. The van der Waals surface area contributed by atoms with E-state index in [2.05, 4.69) is 61.9 Å². The molecule has 0 spiro atoms. The van der Waals surface area contributed by atoms with E-state index in [0.29, 0.717) is 10.6 Å². The van der Waals surface area contributed by atoms with Crippen molar-refractivity contribution in [2.24, 2.45) is 0 Å². The summed E-state index contributed by atoms with van der Waals surface area (Å²) in [6.45, 7) is 6.93. The van der Waals surface area contributed by atoms with Crippen LogP contribution in [0.4, 0.5) is 5.69 Å². The lowest BCUT2D eigenvalue weighted by Crippen LogP contribution is -2.45. The van der Waals surface area contributed by atoms with Crippen LogP contribution >= 0.6 is 39.9 Å². The lowest BCUT2D eigenvalue weighted by Gasteiger charge is -2.33. The summed E-state index contributed by atoms with van der Waals surface area (Å²) < 4.78 is 1.07. The number of hydrogen-bond acceptors (Lipinski definition) is 3. The average Bonchev–Trinajstić information content (AvgIpc) is 2.89. The molecule has 3 rings (SSSR count). The van der Waals surface area contributed by atoms with Gasteiger partial charge < -0.3 is 15.1 Å². The third-order valence-electron chi connectivity index (χ3n) is 4.39. The summed E-state index contributed by atoms with van der Waals surface area (Å²) in [6, 6.07) is 8.19. The van der Waals surface area contributed by atoms with Gasteiger partial charge in [-0.3, -0.25) is 0 Å². The first-order valence-corrected chi connectivity index (χ1v) is 10.5. The van der Waals surface area contributed by atoms with E-state index in [9.17, 15) is 0 Å². The van der Waals surface area contributed by atoms with Crippen LogP contribution in [0.1, 0.15) is 26.2 Å². The quantitative estimate of drug-likeness (QED) is 0.737. The number of hydrogen-bond donors (Lipinski definition) is 1. The molecule has 2 aliphatic heterocycles. The molecule has 2 aliphatic rings. The number of nitrogens with one attached hydrogen (secondary N) is 1. The van der Waals surface area contributed by atoms with E-state index < -0.39 is 0 Å². The van der Waals surface area contributed by atoms with Crippen LogP contribution in [0.3, 0.4) is 0 Å². The van der Waals surface area contributed by atoms with Crippen LogP contribution in [-0.2, 0) is 0 Å². The lowest BCUT2D eigenvalue weighted by atomic mass is 10.1. The maximum absolute atomic E-state index is 5.70. The van der Waals surface area contributed by atoms with E-state index in [-0.39, 0.29) is 0 Å². The molecule has 0 aromatic heterocycles. The maximum Gasteiger partial charge on any atom is 0.174 e. The van der Waals surface area contributed by atoms with Crippen LogP contribution in [0, 0.1) is 0 Å². The molecule has 2 heterocycles. The van der Waals surface area contributed by atoms with Gasteiger partial charge in [0.25, 0.3) is 0 Å². The summed E-state index contributed by atoms with van der Waals surface area (Å²) in [5, 5.41) is 5.36. The lowest BCUT2D eigenvalue weighted by molar-refractivity contribution is 0.206. The summed E-state index contributed by atoms with van der Waals surface area (Å²) in [5.74, 6) is 0. The fraction of sp³-hybridized carbons (Fsp3) is 0.588. The molecule has 2 unspecified atom stereocenters. The van der Waals surface area contributed by atoms with E-state index in [1.54, 1.807) is 0 Å². The molecule has 1 aromatic rings. The van der Waals surface area contributed by atoms with Crippen LogP contribution in [0.15, 0.2) is 28.7 Å². The topological polar surface area (TPSA) is 18.5 Å². The number of thioether (sulfide) groups is 1. The Morgan fingerprint density at radius 1 is 1.35 bits per heavy atom. The van der Waals surface area contributed by atoms with Crippen molar-refractivity contribution in [3.8, 4) is 0 Å². The summed E-state index contributed by atoms with van der Waals surface area (Å²) in [4.78, 5) is 4.98. The Morgan fingerprint density at radius 2 is 2.13 bits per heavy atom. The van der Waals surface area contributed by atoms with Crippen LogP contribution < -0.4 is 5.32 Å². The Bertz CT molecular complexity index is 548. The molecule has 0 saturated carbocycles. The second-order valence-corrected chi connectivity index (χ2v) is 9.28. The van der Waals surface area contributed by atoms with Gasteiger partial charge in [0, 0.05) is 28.5 Å². The Hall–Kier alpha value is -0.300. The van der Waals surface area contributed by atoms with Gasteiger partial charge in [0.15, 0.2) is 5.11 Å². The van der Waals surface area contributed by atoms with Crippen molar-refractivity contribution in [3.05, 3.63) is 28.7 Å². The summed E-state index contributed by atoms with van der Waals surface area (Å²) in [5.41, 5.74) is 1.05.